The van der Waals surface area contributed by atoms with Gasteiger partial charge in [-0.25, -0.2) is 0 Å². The van der Waals surface area contributed by atoms with Gasteiger partial charge in [0.1, 0.15) is 5.75 Å². The van der Waals surface area contributed by atoms with E-state index in [1.807, 2.05) is 18.2 Å². The van der Waals surface area contributed by atoms with Crippen LogP contribution in [0.15, 0.2) is 18.2 Å². The van der Waals surface area contributed by atoms with Crippen molar-refractivity contribution in [1.82, 2.24) is 0 Å². The molecule has 3 nitrogen and oxygen atoms in total. The maximum absolute atomic E-state index is 11.3. The minimum atomic E-state index is -0.00299. The van der Waals surface area contributed by atoms with Gasteiger partial charge in [0, 0.05) is 5.88 Å². The molecule has 0 atom stereocenters. The first-order valence-corrected chi connectivity index (χ1v) is 5.44. The molecule has 0 spiro atoms. The quantitative estimate of drug-likeness (QED) is 0.784. The third kappa shape index (κ3) is 2.42. The Kier molecular flexibility index (Phi) is 3.11. The molecule has 4 heteroatoms. The summed E-state index contributed by atoms with van der Waals surface area (Å²) in [4.78, 5) is 11.3. The van der Waals surface area contributed by atoms with Crippen LogP contribution in [0.3, 0.4) is 0 Å². The number of hydrogen-bond donors (Lipinski definition) is 1. The van der Waals surface area contributed by atoms with E-state index in [-0.39, 0.29) is 5.91 Å². The van der Waals surface area contributed by atoms with Crippen LogP contribution >= 0.6 is 11.6 Å². The van der Waals surface area contributed by atoms with Crippen molar-refractivity contribution < 1.29 is 9.53 Å². The lowest BCUT2D eigenvalue weighted by atomic mass is 10.1. The molecule has 1 aromatic carbocycles. The van der Waals surface area contributed by atoms with Gasteiger partial charge < -0.3 is 10.1 Å². The van der Waals surface area contributed by atoms with Gasteiger partial charge in [0.05, 0.1) is 18.7 Å². The van der Waals surface area contributed by atoms with Gasteiger partial charge in [-0.2, -0.15) is 0 Å². The number of fused-ring (bicyclic) bond motifs is 1. The molecule has 0 fully saturated rings. The van der Waals surface area contributed by atoms with Crippen LogP contribution in [-0.2, 0) is 11.2 Å². The molecule has 1 N–H and O–H groups in total. The minimum Gasteiger partial charge on any atom is -0.491 e. The molecular weight excluding hydrogens is 214 g/mol. The van der Waals surface area contributed by atoms with E-state index in [9.17, 15) is 4.79 Å². The van der Waals surface area contributed by atoms with Gasteiger partial charge >= 0.3 is 0 Å². The molecule has 1 aliphatic rings. The van der Waals surface area contributed by atoms with Gasteiger partial charge in [-0.3, -0.25) is 4.79 Å². The number of amides is 1. The van der Waals surface area contributed by atoms with Crippen LogP contribution in [0, 0.1) is 0 Å². The molecule has 80 valence electrons. The Hall–Kier alpha value is -1.22. The average molecular weight is 226 g/mol. The van der Waals surface area contributed by atoms with Crippen molar-refractivity contribution >= 4 is 23.2 Å². The van der Waals surface area contributed by atoms with E-state index >= 15 is 0 Å². The Bertz CT molecular complexity index is 379. The van der Waals surface area contributed by atoms with Crippen molar-refractivity contribution in [2.24, 2.45) is 0 Å². The molecule has 0 bridgehead atoms. The summed E-state index contributed by atoms with van der Waals surface area (Å²) in [6.07, 6.45) is 1.20. The molecule has 1 aliphatic heterocycles. The fraction of sp³-hybridized carbons (Fsp3) is 0.364. The fourth-order valence-corrected chi connectivity index (χ4v) is 1.75. The summed E-state index contributed by atoms with van der Waals surface area (Å²) in [7, 11) is 0. The highest BCUT2D eigenvalue weighted by molar-refractivity contribution is 6.18. The highest BCUT2D eigenvalue weighted by atomic mass is 35.5. The highest BCUT2D eigenvalue weighted by Gasteiger charge is 2.13. The largest absolute Gasteiger partial charge is 0.491 e. The van der Waals surface area contributed by atoms with Crippen molar-refractivity contribution in [2.75, 3.05) is 17.8 Å². The summed E-state index contributed by atoms with van der Waals surface area (Å²) in [6.45, 7) is 0.438. The number of halogens is 1. The number of hydrogen-bond acceptors (Lipinski definition) is 2. The molecule has 1 aromatic rings. The summed E-state index contributed by atoms with van der Waals surface area (Å²) >= 11 is 5.66. The van der Waals surface area contributed by atoms with E-state index < -0.39 is 0 Å². The Balaban J connectivity index is 2.28. The van der Waals surface area contributed by atoms with Crippen molar-refractivity contribution in [2.45, 2.75) is 12.8 Å². The van der Waals surface area contributed by atoms with Crippen molar-refractivity contribution in [3.8, 4) is 5.75 Å². The van der Waals surface area contributed by atoms with Crippen molar-refractivity contribution in [3.63, 3.8) is 0 Å². The molecule has 0 unspecified atom stereocenters. The van der Waals surface area contributed by atoms with Crippen LogP contribution < -0.4 is 10.1 Å². The first-order valence-electron chi connectivity index (χ1n) is 4.91. The van der Waals surface area contributed by atoms with Gasteiger partial charge in [0.25, 0.3) is 0 Å². The molecule has 2 rings (SSSR count). The Labute approximate surface area is 93.4 Å². The number of anilines is 1. The van der Waals surface area contributed by atoms with Gasteiger partial charge in [-0.1, -0.05) is 6.07 Å². The van der Waals surface area contributed by atoms with Gasteiger partial charge in [0.15, 0.2) is 0 Å². The van der Waals surface area contributed by atoms with Crippen LogP contribution in [-0.4, -0.2) is 18.4 Å². The topological polar surface area (TPSA) is 38.3 Å². The first-order chi connectivity index (χ1) is 7.29. The Morgan fingerprint density at radius 2 is 2.33 bits per heavy atom. The monoisotopic (exact) mass is 225 g/mol. The van der Waals surface area contributed by atoms with Gasteiger partial charge in [-0.15, -0.1) is 11.6 Å². The van der Waals surface area contributed by atoms with E-state index in [1.54, 1.807) is 0 Å². The number of ether oxygens (including phenoxy) is 1. The normalized spacial score (nSPS) is 14.9. The van der Waals surface area contributed by atoms with Crippen LogP contribution in [0.4, 0.5) is 5.69 Å². The summed E-state index contributed by atoms with van der Waals surface area (Å²) in [5, 5.41) is 2.81. The molecule has 15 heavy (non-hydrogen) atoms. The predicted octanol–water partition coefficient (Wildman–Crippen LogP) is 2.19. The van der Waals surface area contributed by atoms with E-state index in [1.165, 1.54) is 0 Å². The highest BCUT2D eigenvalue weighted by Crippen LogP contribution is 2.28. The van der Waals surface area contributed by atoms with Gasteiger partial charge in [0.2, 0.25) is 5.91 Å². The predicted molar refractivity (Wildman–Crippen MR) is 59.6 cm³/mol. The molecule has 1 heterocycles. The van der Waals surface area contributed by atoms with Crippen LogP contribution in [0.1, 0.15) is 12.0 Å². The molecule has 0 aromatic heterocycles. The molecular formula is C11H12ClNO2. The molecule has 0 saturated carbocycles. The van der Waals surface area contributed by atoms with Crippen molar-refractivity contribution in [3.05, 3.63) is 23.8 Å². The van der Waals surface area contributed by atoms with E-state index in [0.29, 0.717) is 18.9 Å². The zero-order valence-electron chi connectivity index (χ0n) is 8.25. The molecule has 1 amide bonds. The van der Waals surface area contributed by atoms with Crippen LogP contribution in [0.5, 0.6) is 5.75 Å². The summed E-state index contributed by atoms with van der Waals surface area (Å²) < 4.78 is 5.44. The zero-order chi connectivity index (χ0) is 10.7. The third-order valence-electron chi connectivity index (χ3n) is 2.29. The number of nitrogens with one attached hydrogen (secondary N) is 1. The Morgan fingerprint density at radius 3 is 3.13 bits per heavy atom. The summed E-state index contributed by atoms with van der Waals surface area (Å²) in [5.41, 5.74) is 1.86. The molecule has 0 saturated heterocycles. The second-order valence-corrected chi connectivity index (χ2v) is 3.79. The van der Waals surface area contributed by atoms with Crippen LogP contribution in [0.25, 0.3) is 0 Å². The molecule has 0 radical (unpaired) electrons. The third-order valence-corrected chi connectivity index (χ3v) is 2.48. The number of rotatable bonds is 2. The summed E-state index contributed by atoms with van der Waals surface area (Å²) in [5.74, 6) is 1.31. The van der Waals surface area contributed by atoms with Gasteiger partial charge in [-0.05, 0) is 24.1 Å². The zero-order valence-corrected chi connectivity index (χ0v) is 9.01. The van der Waals surface area contributed by atoms with E-state index in [2.05, 4.69) is 5.32 Å². The lowest BCUT2D eigenvalue weighted by molar-refractivity contribution is -0.116. The second kappa shape index (κ2) is 4.53. The number of carbonyl (C=O) groups is 1. The maximum atomic E-state index is 11.3. The SMILES string of the molecule is O=C1CCOc2ccc(CCCl)cc2N1. The first kappa shape index (κ1) is 10.3. The number of aryl methyl sites for hydroxylation is 1. The maximum Gasteiger partial charge on any atom is 0.227 e. The van der Waals surface area contributed by atoms with Crippen LogP contribution in [0.2, 0.25) is 0 Å². The second-order valence-electron chi connectivity index (χ2n) is 3.42. The fourth-order valence-electron chi connectivity index (χ4n) is 1.53. The lowest BCUT2D eigenvalue weighted by Gasteiger charge is -2.08. The molecule has 0 aliphatic carbocycles. The minimum absolute atomic E-state index is 0.00299. The number of carbonyl (C=O) groups excluding carboxylic acids is 1. The van der Waals surface area contributed by atoms with E-state index in [0.717, 1.165) is 23.4 Å². The smallest absolute Gasteiger partial charge is 0.227 e. The van der Waals surface area contributed by atoms with E-state index in [4.69, 9.17) is 16.3 Å². The number of benzene rings is 1. The average Bonchev–Trinajstić information content (AvgIpc) is 2.38. The lowest BCUT2D eigenvalue weighted by Crippen LogP contribution is -2.10. The van der Waals surface area contributed by atoms with Crippen molar-refractivity contribution in [1.29, 1.82) is 0 Å². The Morgan fingerprint density at radius 1 is 1.47 bits per heavy atom. The summed E-state index contributed by atoms with van der Waals surface area (Å²) in [6, 6.07) is 5.77. The number of alkyl halides is 1. The standard InChI is InChI=1S/C11H12ClNO2/c12-5-3-8-1-2-10-9(7-8)13-11(14)4-6-15-10/h1-2,7H,3-6H2,(H,13,14).